The number of hydrogen-bond donors (Lipinski definition) is 3. The van der Waals surface area contributed by atoms with Crippen molar-refractivity contribution in [3.63, 3.8) is 0 Å². The minimum absolute atomic E-state index is 0.0108. The van der Waals surface area contributed by atoms with E-state index in [2.05, 4.69) is 21.3 Å². The molecule has 5 nitrogen and oxygen atoms in total. The third-order valence-corrected chi connectivity index (χ3v) is 4.29. The van der Waals surface area contributed by atoms with Gasteiger partial charge in [0.1, 0.15) is 0 Å². The number of urea groups is 1. The van der Waals surface area contributed by atoms with Gasteiger partial charge in [-0.3, -0.25) is 4.79 Å². The van der Waals surface area contributed by atoms with Crippen LogP contribution in [-0.4, -0.2) is 18.0 Å². The van der Waals surface area contributed by atoms with Crippen molar-refractivity contribution in [2.45, 2.75) is 31.7 Å². The van der Waals surface area contributed by atoms with Crippen LogP contribution < -0.4 is 16.0 Å². The molecule has 0 spiro atoms. The Morgan fingerprint density at radius 2 is 1.74 bits per heavy atom. The maximum Gasteiger partial charge on any atom is 0.319 e. The summed E-state index contributed by atoms with van der Waals surface area (Å²) in [5.41, 5.74) is 2.62. The van der Waals surface area contributed by atoms with Crippen LogP contribution in [0.2, 0.25) is 0 Å². The fourth-order valence-corrected chi connectivity index (χ4v) is 2.84. The van der Waals surface area contributed by atoms with E-state index in [1.165, 1.54) is 5.56 Å². The van der Waals surface area contributed by atoms with Crippen molar-refractivity contribution in [2.24, 2.45) is 0 Å². The molecule has 3 N–H and O–H groups in total. The lowest BCUT2D eigenvalue weighted by Crippen LogP contribution is -2.30. The quantitative estimate of drug-likeness (QED) is 0.758. The van der Waals surface area contributed by atoms with Crippen molar-refractivity contribution in [1.82, 2.24) is 5.32 Å². The third kappa shape index (κ3) is 5.10. The number of anilines is 2. The van der Waals surface area contributed by atoms with Crippen LogP contribution in [0.25, 0.3) is 0 Å². The van der Waals surface area contributed by atoms with Gasteiger partial charge in [-0.15, -0.1) is 0 Å². The molecular weight excluding hydrogens is 310 g/mol. The van der Waals surface area contributed by atoms with Crippen molar-refractivity contribution >= 4 is 34.6 Å². The zero-order chi connectivity index (χ0) is 16.1. The van der Waals surface area contributed by atoms with Crippen LogP contribution in [0.5, 0.6) is 0 Å². The molecule has 1 aromatic heterocycles. The van der Waals surface area contributed by atoms with Gasteiger partial charge in [-0.1, -0.05) is 0 Å². The Kier molecular flexibility index (Phi) is 4.92. The number of benzene rings is 1. The second-order valence-electron chi connectivity index (χ2n) is 5.63. The van der Waals surface area contributed by atoms with Gasteiger partial charge in [0.25, 0.3) is 0 Å². The predicted octanol–water partition coefficient (Wildman–Crippen LogP) is 3.60. The lowest BCUT2D eigenvalue weighted by atomic mass is 10.2. The first-order valence-electron chi connectivity index (χ1n) is 7.67. The fourth-order valence-electron chi connectivity index (χ4n) is 2.13. The molecule has 0 radical (unpaired) electrons. The minimum Gasteiger partial charge on any atom is -0.335 e. The van der Waals surface area contributed by atoms with Crippen LogP contribution >= 0.6 is 11.3 Å². The summed E-state index contributed by atoms with van der Waals surface area (Å²) in [6.45, 7) is 0. The summed E-state index contributed by atoms with van der Waals surface area (Å²) >= 11 is 1.64. The van der Waals surface area contributed by atoms with Crippen molar-refractivity contribution < 1.29 is 9.59 Å². The van der Waals surface area contributed by atoms with E-state index in [0.717, 1.165) is 24.9 Å². The topological polar surface area (TPSA) is 70.2 Å². The monoisotopic (exact) mass is 329 g/mol. The highest BCUT2D eigenvalue weighted by Gasteiger charge is 2.23. The summed E-state index contributed by atoms with van der Waals surface area (Å²) < 4.78 is 0. The lowest BCUT2D eigenvalue weighted by Gasteiger charge is -2.08. The summed E-state index contributed by atoms with van der Waals surface area (Å²) in [5, 5.41) is 12.6. The summed E-state index contributed by atoms with van der Waals surface area (Å²) in [6.07, 6.45) is 3.32. The average molecular weight is 329 g/mol. The molecule has 0 unspecified atom stereocenters. The number of thiophene rings is 1. The van der Waals surface area contributed by atoms with E-state index in [-0.39, 0.29) is 11.9 Å². The van der Waals surface area contributed by atoms with Gasteiger partial charge in [0, 0.05) is 23.8 Å². The second kappa shape index (κ2) is 7.28. The molecule has 0 saturated heterocycles. The van der Waals surface area contributed by atoms with Gasteiger partial charge in [0.15, 0.2) is 0 Å². The number of hydrogen-bond acceptors (Lipinski definition) is 3. The summed E-state index contributed by atoms with van der Waals surface area (Å²) in [6, 6.07) is 9.31. The molecule has 6 heteroatoms. The number of amides is 3. The van der Waals surface area contributed by atoms with Gasteiger partial charge in [0.05, 0.1) is 0 Å². The number of rotatable bonds is 6. The van der Waals surface area contributed by atoms with Crippen molar-refractivity contribution in [2.75, 3.05) is 10.6 Å². The van der Waals surface area contributed by atoms with Gasteiger partial charge in [-0.25, -0.2) is 4.79 Å². The number of carbonyl (C=O) groups is 2. The minimum atomic E-state index is -0.181. The molecule has 0 bridgehead atoms. The Labute approximate surface area is 139 Å². The summed E-state index contributed by atoms with van der Waals surface area (Å²) in [7, 11) is 0. The van der Waals surface area contributed by atoms with Crippen LogP contribution in [0.3, 0.4) is 0 Å². The van der Waals surface area contributed by atoms with Gasteiger partial charge in [0.2, 0.25) is 5.91 Å². The number of aryl methyl sites for hydroxylation is 1. The Hall–Kier alpha value is -2.34. The molecule has 1 aromatic carbocycles. The van der Waals surface area contributed by atoms with Gasteiger partial charge in [-0.2, -0.15) is 11.3 Å². The van der Waals surface area contributed by atoms with E-state index in [4.69, 9.17) is 0 Å². The number of nitrogens with one attached hydrogen (secondary N) is 3. The first-order chi connectivity index (χ1) is 11.2. The zero-order valence-corrected chi connectivity index (χ0v) is 13.5. The van der Waals surface area contributed by atoms with E-state index in [1.807, 2.05) is 11.4 Å². The van der Waals surface area contributed by atoms with E-state index in [0.29, 0.717) is 18.2 Å². The maximum atomic E-state index is 11.9. The molecule has 23 heavy (non-hydrogen) atoms. The Balaban J connectivity index is 1.44. The van der Waals surface area contributed by atoms with E-state index in [1.54, 1.807) is 35.6 Å². The Bertz CT molecular complexity index is 664. The number of carbonyl (C=O) groups excluding carboxylic acids is 2. The van der Waals surface area contributed by atoms with Crippen molar-refractivity contribution in [3.8, 4) is 0 Å². The largest absolute Gasteiger partial charge is 0.335 e. The van der Waals surface area contributed by atoms with Crippen LogP contribution in [0.1, 0.15) is 24.8 Å². The van der Waals surface area contributed by atoms with E-state index >= 15 is 0 Å². The summed E-state index contributed by atoms with van der Waals surface area (Å²) in [5.74, 6) is -0.0108. The standard InChI is InChI=1S/C17H19N3O2S/c21-16(8-1-12-9-10-23-11-12)18-13-2-4-14(5-3-13)19-17(22)20-15-6-7-15/h2-5,9-11,15H,1,6-8H2,(H,18,21)(H2,19,20,22). The molecule has 120 valence electrons. The van der Waals surface area contributed by atoms with Gasteiger partial charge < -0.3 is 16.0 Å². The molecule has 1 aliphatic rings. The molecule has 0 atom stereocenters. The van der Waals surface area contributed by atoms with Crippen molar-refractivity contribution in [3.05, 3.63) is 46.7 Å². The summed E-state index contributed by atoms with van der Waals surface area (Å²) in [4.78, 5) is 23.5. The Morgan fingerprint density at radius 3 is 2.35 bits per heavy atom. The fraction of sp³-hybridized carbons (Fsp3) is 0.294. The van der Waals surface area contributed by atoms with Gasteiger partial charge in [-0.05, 0) is 65.9 Å². The third-order valence-electron chi connectivity index (χ3n) is 3.56. The van der Waals surface area contributed by atoms with Gasteiger partial charge >= 0.3 is 6.03 Å². The van der Waals surface area contributed by atoms with Crippen LogP contribution in [0.15, 0.2) is 41.1 Å². The predicted molar refractivity (Wildman–Crippen MR) is 92.9 cm³/mol. The highest BCUT2D eigenvalue weighted by molar-refractivity contribution is 7.07. The molecule has 0 aliphatic heterocycles. The molecule has 1 heterocycles. The molecule has 1 aliphatic carbocycles. The normalized spacial score (nSPS) is 13.4. The van der Waals surface area contributed by atoms with Crippen LogP contribution in [-0.2, 0) is 11.2 Å². The average Bonchev–Trinajstić information content (AvgIpc) is 3.18. The molecule has 3 rings (SSSR count). The van der Waals surface area contributed by atoms with Crippen LogP contribution in [0.4, 0.5) is 16.2 Å². The molecule has 1 fully saturated rings. The van der Waals surface area contributed by atoms with E-state index < -0.39 is 0 Å². The SMILES string of the molecule is O=C(CCc1ccsc1)Nc1ccc(NC(=O)NC2CC2)cc1. The highest BCUT2D eigenvalue weighted by atomic mass is 32.1. The first-order valence-corrected chi connectivity index (χ1v) is 8.62. The van der Waals surface area contributed by atoms with E-state index in [9.17, 15) is 9.59 Å². The Morgan fingerprint density at radius 1 is 1.04 bits per heavy atom. The lowest BCUT2D eigenvalue weighted by molar-refractivity contribution is -0.116. The molecule has 3 amide bonds. The first kappa shape index (κ1) is 15.6. The zero-order valence-electron chi connectivity index (χ0n) is 12.7. The maximum absolute atomic E-state index is 11.9. The highest BCUT2D eigenvalue weighted by Crippen LogP contribution is 2.19. The molecule has 2 aromatic rings. The van der Waals surface area contributed by atoms with Crippen LogP contribution in [0, 0.1) is 0 Å². The van der Waals surface area contributed by atoms with Crippen molar-refractivity contribution in [1.29, 1.82) is 0 Å². The molecular formula is C17H19N3O2S. The molecule has 1 saturated carbocycles. The second-order valence-corrected chi connectivity index (χ2v) is 6.41. The smallest absolute Gasteiger partial charge is 0.319 e.